The van der Waals surface area contributed by atoms with Crippen molar-refractivity contribution in [1.82, 2.24) is 9.55 Å². The van der Waals surface area contributed by atoms with Gasteiger partial charge in [0.05, 0.1) is 0 Å². The Labute approximate surface area is 152 Å². The van der Waals surface area contributed by atoms with E-state index in [1.165, 1.54) is 19.2 Å². The van der Waals surface area contributed by atoms with Crippen molar-refractivity contribution >= 4 is 29.9 Å². The molecule has 0 spiro atoms. The highest BCUT2D eigenvalue weighted by atomic mass is 16.6. The predicted molar refractivity (Wildman–Crippen MR) is 85.3 cm³/mol. The zero-order chi connectivity index (χ0) is 20.1. The molecule has 2 heterocycles. The fraction of sp³-hybridized carbons (Fsp3) is 0.467. The van der Waals surface area contributed by atoms with Crippen LogP contribution in [0.15, 0.2) is 17.1 Å². The Bertz CT molecular complexity index is 806. The van der Waals surface area contributed by atoms with Crippen molar-refractivity contribution in [1.29, 1.82) is 0 Å². The molecule has 27 heavy (non-hydrogen) atoms. The predicted octanol–water partition coefficient (Wildman–Crippen LogP) is -1.87. The number of ether oxygens (including phenoxy) is 3. The van der Waals surface area contributed by atoms with E-state index in [2.05, 4.69) is 15.0 Å². The number of anilines is 1. The first-order valence-corrected chi connectivity index (χ1v) is 7.72. The summed E-state index contributed by atoms with van der Waals surface area (Å²) < 4.78 is 16.0. The number of carbonyl (C=O) groups excluding carboxylic acids is 4. The first-order valence-electron chi connectivity index (χ1n) is 7.72. The number of esters is 2. The third-order valence-corrected chi connectivity index (χ3v) is 3.51. The summed E-state index contributed by atoms with van der Waals surface area (Å²) in [6.07, 6.45) is -4.01. The minimum Gasteiger partial charge on any atom is -0.457 e. The molecule has 146 valence electrons. The quantitative estimate of drug-likeness (QED) is 0.323. The minimum absolute atomic E-state index is 0.00392. The Kier molecular flexibility index (Phi) is 6.36. The summed E-state index contributed by atoms with van der Waals surface area (Å²) in [7, 11) is 0. The van der Waals surface area contributed by atoms with Crippen LogP contribution in [0.3, 0.4) is 0 Å². The van der Waals surface area contributed by atoms with Gasteiger partial charge in [-0.2, -0.15) is 4.98 Å². The molecule has 1 saturated heterocycles. The van der Waals surface area contributed by atoms with Crippen molar-refractivity contribution in [2.24, 2.45) is 0 Å². The smallest absolute Gasteiger partial charge is 0.371 e. The van der Waals surface area contributed by atoms with Crippen LogP contribution in [0.4, 0.5) is 5.82 Å². The number of carbonyl (C=O) groups is 4. The molecule has 0 saturated carbocycles. The molecule has 1 aromatic rings. The molecule has 1 fully saturated rings. The van der Waals surface area contributed by atoms with Crippen molar-refractivity contribution in [3.05, 3.63) is 22.7 Å². The molecule has 12 heteroatoms. The van der Waals surface area contributed by atoms with Crippen LogP contribution in [0.1, 0.15) is 20.1 Å². The van der Waals surface area contributed by atoms with Crippen LogP contribution in [0.25, 0.3) is 0 Å². The van der Waals surface area contributed by atoms with Crippen LogP contribution in [-0.2, 0) is 33.4 Å². The van der Waals surface area contributed by atoms with Gasteiger partial charge in [-0.1, -0.05) is 0 Å². The fourth-order valence-corrected chi connectivity index (χ4v) is 2.48. The fourth-order valence-electron chi connectivity index (χ4n) is 2.48. The number of nitrogens with zero attached hydrogens (tertiary/aromatic N) is 2. The van der Waals surface area contributed by atoms with Crippen molar-refractivity contribution < 1.29 is 38.5 Å². The molecule has 0 bridgehead atoms. The molecule has 1 amide bonds. The molecule has 0 aromatic carbocycles. The maximum absolute atomic E-state index is 12.2. The number of aldehydes is 1. The molecule has 12 nitrogen and oxygen atoms in total. The molecule has 2 N–H and O–H groups in total. The minimum atomic E-state index is -1.49. The number of aromatic nitrogens is 2. The SMILES string of the molecule is CC(=O)Nc1ccn([C@@H]2O[C@H](COC(=O)C=O)[C@@H](OC(C)=O)[C@@H]2O)c(=O)n1. The van der Waals surface area contributed by atoms with Gasteiger partial charge in [0.1, 0.15) is 24.6 Å². The van der Waals surface area contributed by atoms with Crippen LogP contribution >= 0.6 is 0 Å². The number of hydrogen-bond donors (Lipinski definition) is 2. The normalized spacial score (nSPS) is 24.1. The number of nitrogens with one attached hydrogen (secondary N) is 1. The van der Waals surface area contributed by atoms with Gasteiger partial charge in [-0.3, -0.25) is 19.0 Å². The Balaban J connectivity index is 2.24. The number of amides is 1. The Hall–Kier alpha value is -3.12. The zero-order valence-corrected chi connectivity index (χ0v) is 14.4. The molecule has 1 aliphatic rings. The standard InChI is InChI=1S/C15H17N3O9/c1-7(20)16-10-3-4-18(15(24)17-10)14-12(23)13(26-8(2)21)9(27-14)6-25-11(22)5-19/h3-5,9,12-14,23H,6H2,1-2H3,(H,16,17,20,24)/t9-,12+,13-,14-/m1/s1. The van der Waals surface area contributed by atoms with E-state index in [9.17, 15) is 29.1 Å². The van der Waals surface area contributed by atoms with Crippen molar-refractivity contribution in [2.45, 2.75) is 38.4 Å². The van der Waals surface area contributed by atoms with Crippen LogP contribution in [0, 0.1) is 0 Å². The number of aliphatic hydroxyl groups excluding tert-OH is 1. The average molecular weight is 383 g/mol. The van der Waals surface area contributed by atoms with E-state index >= 15 is 0 Å². The van der Waals surface area contributed by atoms with E-state index < -0.39 is 54.7 Å². The van der Waals surface area contributed by atoms with E-state index in [0.29, 0.717) is 0 Å². The zero-order valence-electron chi connectivity index (χ0n) is 14.4. The van der Waals surface area contributed by atoms with Gasteiger partial charge in [0, 0.05) is 20.0 Å². The van der Waals surface area contributed by atoms with Gasteiger partial charge in [-0.05, 0) is 6.07 Å². The maximum Gasteiger partial charge on any atom is 0.371 e. The number of aliphatic hydroxyl groups is 1. The lowest BCUT2D eigenvalue weighted by Gasteiger charge is -2.19. The van der Waals surface area contributed by atoms with E-state index in [-0.39, 0.29) is 12.1 Å². The molecule has 1 aliphatic heterocycles. The molecule has 0 unspecified atom stereocenters. The van der Waals surface area contributed by atoms with Gasteiger partial charge in [0.25, 0.3) is 0 Å². The largest absolute Gasteiger partial charge is 0.457 e. The van der Waals surface area contributed by atoms with E-state index in [0.717, 1.165) is 11.5 Å². The van der Waals surface area contributed by atoms with E-state index in [1.807, 2.05) is 0 Å². The molecule has 2 rings (SSSR count). The third kappa shape index (κ3) is 4.95. The Morgan fingerprint density at radius 1 is 1.41 bits per heavy atom. The summed E-state index contributed by atoms with van der Waals surface area (Å²) in [5.41, 5.74) is -0.850. The number of rotatable bonds is 6. The second-order valence-corrected chi connectivity index (χ2v) is 5.56. The lowest BCUT2D eigenvalue weighted by atomic mass is 10.1. The van der Waals surface area contributed by atoms with Gasteiger partial charge in [-0.15, -0.1) is 0 Å². The highest BCUT2D eigenvalue weighted by molar-refractivity contribution is 6.20. The van der Waals surface area contributed by atoms with Gasteiger partial charge in [-0.25, -0.2) is 9.59 Å². The van der Waals surface area contributed by atoms with Crippen molar-refractivity contribution in [3.63, 3.8) is 0 Å². The average Bonchev–Trinajstić information content (AvgIpc) is 2.88. The number of hydrogen-bond acceptors (Lipinski definition) is 10. The summed E-state index contributed by atoms with van der Waals surface area (Å²) in [6, 6.07) is 1.31. The molecule has 1 aromatic heterocycles. The molecule has 0 radical (unpaired) electrons. The summed E-state index contributed by atoms with van der Waals surface area (Å²) >= 11 is 0. The topological polar surface area (TPSA) is 163 Å². The Morgan fingerprint density at radius 3 is 2.67 bits per heavy atom. The van der Waals surface area contributed by atoms with E-state index in [4.69, 9.17) is 9.47 Å². The monoisotopic (exact) mass is 383 g/mol. The van der Waals surface area contributed by atoms with Crippen LogP contribution < -0.4 is 11.0 Å². The van der Waals surface area contributed by atoms with Crippen molar-refractivity contribution in [3.8, 4) is 0 Å². The maximum atomic E-state index is 12.2. The second-order valence-electron chi connectivity index (χ2n) is 5.56. The van der Waals surface area contributed by atoms with Crippen LogP contribution in [-0.4, -0.2) is 63.7 Å². The highest BCUT2D eigenvalue weighted by Crippen LogP contribution is 2.31. The lowest BCUT2D eigenvalue weighted by Crippen LogP contribution is -2.39. The van der Waals surface area contributed by atoms with Crippen molar-refractivity contribution in [2.75, 3.05) is 11.9 Å². The first kappa shape index (κ1) is 20.2. The van der Waals surface area contributed by atoms with Gasteiger partial charge in [0.2, 0.25) is 12.2 Å². The second kappa shape index (κ2) is 8.51. The van der Waals surface area contributed by atoms with E-state index in [1.54, 1.807) is 0 Å². The summed E-state index contributed by atoms with van der Waals surface area (Å²) in [4.78, 5) is 59.4. The first-order chi connectivity index (χ1) is 12.7. The summed E-state index contributed by atoms with van der Waals surface area (Å²) in [5.74, 6) is -2.33. The van der Waals surface area contributed by atoms with Gasteiger partial charge < -0.3 is 24.6 Å². The molecule has 0 aliphatic carbocycles. The van der Waals surface area contributed by atoms with Gasteiger partial charge in [0.15, 0.2) is 12.3 Å². The third-order valence-electron chi connectivity index (χ3n) is 3.51. The summed E-state index contributed by atoms with van der Waals surface area (Å²) in [5, 5.41) is 12.7. The summed E-state index contributed by atoms with van der Waals surface area (Å²) in [6.45, 7) is 1.85. The molecular formula is C15H17N3O9. The lowest BCUT2D eigenvalue weighted by molar-refractivity contribution is -0.159. The van der Waals surface area contributed by atoms with Gasteiger partial charge >= 0.3 is 17.6 Å². The molecular weight excluding hydrogens is 366 g/mol. The van der Waals surface area contributed by atoms with Crippen LogP contribution in [0.2, 0.25) is 0 Å². The highest BCUT2D eigenvalue weighted by Gasteiger charge is 2.47. The molecule has 4 atom stereocenters. The Morgan fingerprint density at radius 2 is 2.11 bits per heavy atom. The van der Waals surface area contributed by atoms with Crippen LogP contribution in [0.5, 0.6) is 0 Å².